The van der Waals surface area contributed by atoms with Crippen molar-refractivity contribution in [2.45, 2.75) is 52.4 Å². The molecule has 3 atom stereocenters. The van der Waals surface area contributed by atoms with Crippen molar-refractivity contribution in [1.82, 2.24) is 0 Å². The molecule has 0 aliphatic heterocycles. The van der Waals surface area contributed by atoms with E-state index in [1.54, 1.807) is 0 Å². The molecule has 0 radical (unpaired) electrons. The van der Waals surface area contributed by atoms with Crippen LogP contribution in [-0.4, -0.2) is 5.78 Å². The number of carbonyl (C=O) groups excluding carboxylic acids is 1. The van der Waals surface area contributed by atoms with E-state index >= 15 is 0 Å². The Balaban J connectivity index is 2.12. The maximum Gasteiger partial charge on any atom is 0.162 e. The van der Waals surface area contributed by atoms with Gasteiger partial charge in [-0.1, -0.05) is 18.9 Å². The van der Waals surface area contributed by atoms with Crippen molar-refractivity contribution in [2.75, 3.05) is 0 Å². The van der Waals surface area contributed by atoms with Gasteiger partial charge < -0.3 is 0 Å². The molecule has 1 heteroatoms. The van der Waals surface area contributed by atoms with Gasteiger partial charge in [0.25, 0.3) is 0 Å². The van der Waals surface area contributed by atoms with Gasteiger partial charge in [0.2, 0.25) is 0 Å². The van der Waals surface area contributed by atoms with Gasteiger partial charge in [0.1, 0.15) is 0 Å². The minimum absolute atomic E-state index is 0.0503. The molecule has 2 saturated carbocycles. The second-order valence-corrected chi connectivity index (χ2v) is 6.06. The second kappa shape index (κ2) is 2.75. The predicted molar refractivity (Wildman–Crippen MR) is 60.5 cm³/mol. The standard InChI is InChI=1S/C14H20O/c1-10-4-7-13-5-3-6-14(13,9-10)12(15)8-11(13)2/h8,10H,3-7,9H2,1-2H3/t10-,13-,14+/m0/s1. The molecule has 0 saturated heterocycles. The van der Waals surface area contributed by atoms with E-state index in [1.165, 1.54) is 31.3 Å². The van der Waals surface area contributed by atoms with E-state index < -0.39 is 0 Å². The minimum atomic E-state index is 0.0503. The summed E-state index contributed by atoms with van der Waals surface area (Å²) in [5, 5.41) is 0. The van der Waals surface area contributed by atoms with Crippen LogP contribution < -0.4 is 0 Å². The average Bonchev–Trinajstić information content (AvgIpc) is 2.65. The Morgan fingerprint density at radius 2 is 2.00 bits per heavy atom. The van der Waals surface area contributed by atoms with Crippen molar-refractivity contribution < 1.29 is 4.79 Å². The fourth-order valence-electron chi connectivity index (χ4n) is 4.73. The zero-order valence-electron chi connectivity index (χ0n) is 9.81. The number of hydrogen-bond acceptors (Lipinski definition) is 1. The number of ketones is 1. The molecule has 0 aromatic rings. The Kier molecular flexibility index (Phi) is 1.76. The van der Waals surface area contributed by atoms with Gasteiger partial charge >= 0.3 is 0 Å². The highest BCUT2D eigenvalue weighted by Crippen LogP contribution is 2.68. The number of carbonyl (C=O) groups is 1. The molecule has 1 nitrogen and oxygen atoms in total. The van der Waals surface area contributed by atoms with Crippen molar-refractivity contribution in [1.29, 1.82) is 0 Å². The molecule has 3 rings (SSSR count). The van der Waals surface area contributed by atoms with Gasteiger partial charge in [-0.05, 0) is 51.0 Å². The summed E-state index contributed by atoms with van der Waals surface area (Å²) >= 11 is 0. The van der Waals surface area contributed by atoms with Gasteiger partial charge in [-0.3, -0.25) is 4.79 Å². The summed E-state index contributed by atoms with van der Waals surface area (Å²) < 4.78 is 0. The van der Waals surface area contributed by atoms with Crippen molar-refractivity contribution in [3.05, 3.63) is 11.6 Å². The van der Waals surface area contributed by atoms with Crippen molar-refractivity contribution in [3.8, 4) is 0 Å². The Bertz CT molecular complexity index is 354. The van der Waals surface area contributed by atoms with E-state index in [9.17, 15) is 4.79 Å². The van der Waals surface area contributed by atoms with Gasteiger partial charge in [-0.15, -0.1) is 0 Å². The average molecular weight is 204 g/mol. The molecule has 0 amide bonds. The lowest BCUT2D eigenvalue weighted by atomic mass is 9.55. The first kappa shape index (κ1) is 9.62. The zero-order valence-corrected chi connectivity index (χ0v) is 9.81. The van der Waals surface area contributed by atoms with Crippen LogP contribution in [0.2, 0.25) is 0 Å². The Labute approximate surface area is 91.9 Å². The first-order chi connectivity index (χ1) is 7.11. The Hall–Kier alpha value is -0.590. The zero-order chi connectivity index (χ0) is 10.7. The van der Waals surface area contributed by atoms with Crippen molar-refractivity contribution >= 4 is 5.78 Å². The number of rotatable bonds is 0. The van der Waals surface area contributed by atoms with Crippen LogP contribution in [0.25, 0.3) is 0 Å². The number of allylic oxidation sites excluding steroid dienone is 2. The van der Waals surface area contributed by atoms with E-state index in [0.717, 1.165) is 18.8 Å². The first-order valence-electron chi connectivity index (χ1n) is 6.34. The SMILES string of the molecule is CC1=CC(=O)[C@]23CCC[C@]12CC[C@H](C)C3. The molecule has 0 bridgehead atoms. The largest absolute Gasteiger partial charge is 0.294 e. The molecule has 3 aliphatic rings. The maximum atomic E-state index is 12.3. The summed E-state index contributed by atoms with van der Waals surface area (Å²) in [6, 6.07) is 0. The summed E-state index contributed by atoms with van der Waals surface area (Å²) in [7, 11) is 0. The smallest absolute Gasteiger partial charge is 0.162 e. The fraction of sp³-hybridized carbons (Fsp3) is 0.786. The lowest BCUT2D eigenvalue weighted by Gasteiger charge is -2.47. The van der Waals surface area contributed by atoms with Gasteiger partial charge in [0.15, 0.2) is 5.78 Å². The van der Waals surface area contributed by atoms with Crippen molar-refractivity contribution in [3.63, 3.8) is 0 Å². The lowest BCUT2D eigenvalue weighted by Crippen LogP contribution is -2.44. The monoisotopic (exact) mass is 204 g/mol. The first-order valence-corrected chi connectivity index (χ1v) is 6.34. The predicted octanol–water partition coefficient (Wildman–Crippen LogP) is 3.49. The highest BCUT2D eigenvalue weighted by atomic mass is 16.1. The summed E-state index contributed by atoms with van der Waals surface area (Å²) in [6.07, 6.45) is 9.40. The van der Waals surface area contributed by atoms with Gasteiger partial charge in [0, 0.05) is 10.8 Å². The van der Waals surface area contributed by atoms with Crippen LogP contribution in [-0.2, 0) is 4.79 Å². The molecule has 0 aromatic heterocycles. The van der Waals surface area contributed by atoms with Crippen LogP contribution >= 0.6 is 0 Å². The van der Waals surface area contributed by atoms with E-state index in [4.69, 9.17) is 0 Å². The quantitative estimate of drug-likeness (QED) is 0.590. The fourth-order valence-corrected chi connectivity index (χ4v) is 4.73. The van der Waals surface area contributed by atoms with Gasteiger partial charge in [-0.25, -0.2) is 0 Å². The second-order valence-electron chi connectivity index (χ2n) is 6.06. The van der Waals surface area contributed by atoms with Crippen molar-refractivity contribution in [2.24, 2.45) is 16.7 Å². The van der Waals surface area contributed by atoms with Crippen LogP contribution in [0.3, 0.4) is 0 Å². The molecule has 82 valence electrons. The molecule has 0 N–H and O–H groups in total. The number of hydrogen-bond donors (Lipinski definition) is 0. The van der Waals surface area contributed by atoms with Crippen LogP contribution in [0, 0.1) is 16.7 Å². The molecule has 0 spiro atoms. The third-order valence-electron chi connectivity index (χ3n) is 5.46. The van der Waals surface area contributed by atoms with E-state index in [1.807, 2.05) is 6.08 Å². The van der Waals surface area contributed by atoms with Crippen LogP contribution in [0.15, 0.2) is 11.6 Å². The summed E-state index contributed by atoms with van der Waals surface area (Å²) in [6.45, 7) is 4.51. The molecule has 2 fully saturated rings. The lowest BCUT2D eigenvalue weighted by molar-refractivity contribution is -0.130. The molecular formula is C14H20O. The third-order valence-corrected chi connectivity index (χ3v) is 5.46. The maximum absolute atomic E-state index is 12.3. The third kappa shape index (κ3) is 0.926. The van der Waals surface area contributed by atoms with Crippen LogP contribution in [0.1, 0.15) is 52.4 Å². The highest BCUT2D eigenvalue weighted by molar-refractivity contribution is 6.00. The normalized spacial score (nSPS) is 48.8. The van der Waals surface area contributed by atoms with Gasteiger partial charge in [0.05, 0.1) is 0 Å². The molecule has 0 unspecified atom stereocenters. The molecule has 15 heavy (non-hydrogen) atoms. The van der Waals surface area contributed by atoms with Crippen LogP contribution in [0.4, 0.5) is 0 Å². The topological polar surface area (TPSA) is 17.1 Å². The molecular weight excluding hydrogens is 184 g/mol. The highest BCUT2D eigenvalue weighted by Gasteiger charge is 2.63. The minimum Gasteiger partial charge on any atom is -0.294 e. The molecule has 3 aliphatic carbocycles. The van der Waals surface area contributed by atoms with Gasteiger partial charge in [-0.2, -0.15) is 0 Å². The van der Waals surface area contributed by atoms with Crippen LogP contribution in [0.5, 0.6) is 0 Å². The van der Waals surface area contributed by atoms with E-state index in [0.29, 0.717) is 11.2 Å². The summed E-state index contributed by atoms with van der Waals surface area (Å²) in [5.41, 5.74) is 1.75. The Morgan fingerprint density at radius 3 is 2.80 bits per heavy atom. The molecule has 0 heterocycles. The van der Waals surface area contributed by atoms with E-state index in [-0.39, 0.29) is 5.41 Å². The molecule has 0 aromatic carbocycles. The summed E-state index contributed by atoms with van der Waals surface area (Å²) in [5.74, 6) is 1.21. The Morgan fingerprint density at radius 1 is 1.27 bits per heavy atom. The summed E-state index contributed by atoms with van der Waals surface area (Å²) in [4.78, 5) is 12.3. The van der Waals surface area contributed by atoms with E-state index in [2.05, 4.69) is 13.8 Å².